The Morgan fingerprint density at radius 3 is 2.00 bits per heavy atom. The predicted molar refractivity (Wildman–Crippen MR) is 58.8 cm³/mol. The van der Waals surface area contributed by atoms with Gasteiger partial charge in [0.1, 0.15) is 0 Å². The number of hydrogen-bond donors (Lipinski definition) is 0. The fourth-order valence-electron chi connectivity index (χ4n) is 1.90. The first-order valence-corrected chi connectivity index (χ1v) is 5.32. The SMILES string of the molecule is COC(=O)[C@H](C(F)F)N1C(=O)c2ccccc2C1=O. The lowest BCUT2D eigenvalue weighted by molar-refractivity contribution is -0.150. The minimum atomic E-state index is -3.21. The Kier molecular flexibility index (Phi) is 3.28. The average molecular weight is 269 g/mol. The van der Waals surface area contributed by atoms with Gasteiger partial charge >= 0.3 is 5.97 Å². The number of halogens is 2. The van der Waals surface area contributed by atoms with Crippen LogP contribution >= 0.6 is 0 Å². The zero-order valence-corrected chi connectivity index (χ0v) is 9.80. The topological polar surface area (TPSA) is 63.7 Å². The Labute approximate surface area is 106 Å². The van der Waals surface area contributed by atoms with Gasteiger partial charge in [-0.05, 0) is 12.1 Å². The molecule has 1 heterocycles. The maximum Gasteiger partial charge on any atom is 0.335 e. The highest BCUT2D eigenvalue weighted by Crippen LogP contribution is 2.27. The molecule has 0 N–H and O–H groups in total. The molecule has 0 radical (unpaired) electrons. The lowest BCUT2D eigenvalue weighted by Gasteiger charge is -2.22. The van der Waals surface area contributed by atoms with Crippen LogP contribution < -0.4 is 0 Å². The van der Waals surface area contributed by atoms with Crippen molar-refractivity contribution in [3.05, 3.63) is 35.4 Å². The number of fused-ring (bicyclic) bond motifs is 1. The van der Waals surface area contributed by atoms with Gasteiger partial charge in [0, 0.05) is 0 Å². The van der Waals surface area contributed by atoms with E-state index in [1.807, 2.05) is 0 Å². The molecule has 2 amide bonds. The van der Waals surface area contributed by atoms with Gasteiger partial charge in [-0.2, -0.15) is 0 Å². The van der Waals surface area contributed by atoms with Crippen LogP contribution in [0.25, 0.3) is 0 Å². The van der Waals surface area contributed by atoms with E-state index in [4.69, 9.17) is 0 Å². The van der Waals surface area contributed by atoms with E-state index in [0.717, 1.165) is 7.11 Å². The standard InChI is InChI=1S/C12H9F2NO4/c1-19-12(18)8(9(13)14)15-10(16)6-4-2-3-5-7(6)11(15)17/h2-5,8-9H,1H3/t8-/m0/s1. The van der Waals surface area contributed by atoms with Crippen LogP contribution in [0.5, 0.6) is 0 Å². The smallest absolute Gasteiger partial charge is 0.335 e. The molecule has 2 rings (SSSR count). The molecule has 0 bridgehead atoms. The molecule has 1 aliphatic rings. The molecule has 0 saturated carbocycles. The number of methoxy groups -OCH3 is 1. The Morgan fingerprint density at radius 2 is 1.63 bits per heavy atom. The monoisotopic (exact) mass is 269 g/mol. The van der Waals surface area contributed by atoms with Gasteiger partial charge in [0.05, 0.1) is 18.2 Å². The molecular formula is C12H9F2NO4. The van der Waals surface area contributed by atoms with Crippen molar-refractivity contribution in [2.24, 2.45) is 0 Å². The van der Waals surface area contributed by atoms with Crippen molar-refractivity contribution < 1.29 is 27.9 Å². The fraction of sp³-hybridized carbons (Fsp3) is 0.250. The number of rotatable bonds is 3. The normalized spacial score (nSPS) is 15.7. The summed E-state index contributed by atoms with van der Waals surface area (Å²) >= 11 is 0. The summed E-state index contributed by atoms with van der Waals surface area (Å²) in [6.45, 7) is 0. The molecule has 100 valence electrons. The quantitative estimate of drug-likeness (QED) is 0.608. The number of benzene rings is 1. The van der Waals surface area contributed by atoms with Gasteiger partial charge in [-0.3, -0.25) is 14.5 Å². The summed E-state index contributed by atoms with van der Waals surface area (Å²) in [4.78, 5) is 35.5. The van der Waals surface area contributed by atoms with Crippen LogP contribution in [-0.4, -0.2) is 42.3 Å². The van der Waals surface area contributed by atoms with Crippen LogP contribution in [0.2, 0.25) is 0 Å². The maximum absolute atomic E-state index is 12.9. The number of hydrogen-bond acceptors (Lipinski definition) is 4. The lowest BCUT2D eigenvalue weighted by atomic mass is 10.1. The van der Waals surface area contributed by atoms with Crippen molar-refractivity contribution in [2.45, 2.75) is 12.5 Å². The third-order valence-corrected chi connectivity index (χ3v) is 2.79. The first-order chi connectivity index (χ1) is 8.99. The van der Waals surface area contributed by atoms with E-state index >= 15 is 0 Å². The van der Waals surface area contributed by atoms with E-state index in [1.54, 1.807) is 0 Å². The van der Waals surface area contributed by atoms with Gasteiger partial charge < -0.3 is 4.74 Å². The van der Waals surface area contributed by atoms with Gasteiger partial charge in [0.25, 0.3) is 18.2 Å². The number of ether oxygens (including phenoxy) is 1. The number of imide groups is 1. The van der Waals surface area contributed by atoms with E-state index < -0.39 is 30.3 Å². The highest BCUT2D eigenvalue weighted by atomic mass is 19.3. The Morgan fingerprint density at radius 1 is 1.16 bits per heavy atom. The zero-order valence-electron chi connectivity index (χ0n) is 9.80. The zero-order chi connectivity index (χ0) is 14.2. The minimum Gasteiger partial charge on any atom is -0.467 e. The van der Waals surface area contributed by atoms with Gasteiger partial charge in [-0.25, -0.2) is 13.6 Å². The van der Waals surface area contributed by atoms with Gasteiger partial charge in [0.15, 0.2) is 6.04 Å². The van der Waals surface area contributed by atoms with E-state index in [2.05, 4.69) is 4.74 Å². The number of carbonyl (C=O) groups is 3. The first-order valence-electron chi connectivity index (χ1n) is 5.32. The van der Waals surface area contributed by atoms with Crippen molar-refractivity contribution in [3.8, 4) is 0 Å². The fourth-order valence-corrected chi connectivity index (χ4v) is 1.90. The van der Waals surface area contributed by atoms with Crippen molar-refractivity contribution >= 4 is 17.8 Å². The molecule has 1 atom stereocenters. The third-order valence-electron chi connectivity index (χ3n) is 2.79. The average Bonchev–Trinajstić information content (AvgIpc) is 2.64. The van der Waals surface area contributed by atoms with Crippen molar-refractivity contribution in [3.63, 3.8) is 0 Å². The number of carbonyl (C=O) groups excluding carboxylic acids is 3. The Bertz CT molecular complexity index is 523. The molecule has 0 fully saturated rings. The van der Waals surface area contributed by atoms with Crippen LogP contribution in [0.1, 0.15) is 20.7 Å². The second-order valence-corrected chi connectivity index (χ2v) is 3.83. The Balaban J connectivity index is 2.45. The van der Waals surface area contributed by atoms with E-state index in [0.29, 0.717) is 0 Å². The van der Waals surface area contributed by atoms with Crippen molar-refractivity contribution in [1.29, 1.82) is 0 Å². The van der Waals surface area contributed by atoms with Gasteiger partial charge in [-0.1, -0.05) is 12.1 Å². The van der Waals surface area contributed by atoms with Crippen LogP contribution in [0.3, 0.4) is 0 Å². The molecule has 1 aromatic carbocycles. The molecule has 0 aromatic heterocycles. The maximum atomic E-state index is 12.9. The van der Waals surface area contributed by atoms with Gasteiger partial charge in [0.2, 0.25) is 0 Å². The summed E-state index contributed by atoms with van der Waals surface area (Å²) < 4.78 is 30.0. The summed E-state index contributed by atoms with van der Waals surface area (Å²) in [5.41, 5.74) is 0.00380. The van der Waals surface area contributed by atoms with Crippen LogP contribution in [0.15, 0.2) is 24.3 Å². The largest absolute Gasteiger partial charge is 0.467 e. The van der Waals surface area contributed by atoms with Crippen molar-refractivity contribution in [1.82, 2.24) is 4.90 Å². The molecule has 0 spiro atoms. The molecule has 1 aromatic rings. The number of amides is 2. The minimum absolute atomic E-state index is 0.00190. The van der Waals surface area contributed by atoms with E-state index in [1.165, 1.54) is 24.3 Å². The summed E-state index contributed by atoms with van der Waals surface area (Å²) in [6.07, 6.45) is -3.21. The highest BCUT2D eigenvalue weighted by Gasteiger charge is 2.47. The van der Waals surface area contributed by atoms with Gasteiger partial charge in [-0.15, -0.1) is 0 Å². The van der Waals surface area contributed by atoms with E-state index in [9.17, 15) is 23.2 Å². The highest BCUT2D eigenvalue weighted by molar-refractivity contribution is 6.22. The second-order valence-electron chi connectivity index (χ2n) is 3.83. The molecule has 0 saturated heterocycles. The molecule has 19 heavy (non-hydrogen) atoms. The molecule has 5 nitrogen and oxygen atoms in total. The molecule has 1 aliphatic heterocycles. The summed E-state index contributed by atoms with van der Waals surface area (Å²) in [5.74, 6) is -3.17. The molecular weight excluding hydrogens is 260 g/mol. The predicted octanol–water partition coefficient (Wildman–Crippen LogP) is 1.09. The third kappa shape index (κ3) is 1.96. The van der Waals surface area contributed by atoms with Crippen LogP contribution in [0.4, 0.5) is 8.78 Å². The number of esters is 1. The summed E-state index contributed by atoms with van der Waals surface area (Å²) in [6, 6.07) is 3.47. The summed E-state index contributed by atoms with van der Waals surface area (Å²) in [5, 5.41) is 0. The van der Waals surface area contributed by atoms with Crippen LogP contribution in [0, 0.1) is 0 Å². The molecule has 0 aliphatic carbocycles. The molecule has 0 unspecified atom stereocenters. The second kappa shape index (κ2) is 4.75. The number of alkyl halides is 2. The van der Waals surface area contributed by atoms with Crippen molar-refractivity contribution in [2.75, 3.05) is 7.11 Å². The van der Waals surface area contributed by atoms with E-state index in [-0.39, 0.29) is 16.0 Å². The van der Waals surface area contributed by atoms with Crippen LogP contribution in [-0.2, 0) is 9.53 Å². The first kappa shape index (κ1) is 13.1. The Hall–Kier alpha value is -2.31. The molecule has 7 heteroatoms. The number of nitrogens with zero attached hydrogens (tertiary/aromatic N) is 1. The lowest BCUT2D eigenvalue weighted by Crippen LogP contribution is -2.49. The summed E-state index contributed by atoms with van der Waals surface area (Å²) in [7, 11) is 0.913.